The summed E-state index contributed by atoms with van der Waals surface area (Å²) in [5.74, 6) is -1.50. The molecule has 3 fully saturated rings. The van der Waals surface area contributed by atoms with Gasteiger partial charge in [-0.3, -0.25) is 0 Å². The number of carbonyl (C=O) groups is 1. The van der Waals surface area contributed by atoms with Crippen molar-refractivity contribution in [3.63, 3.8) is 0 Å². The molecule has 3 rings (SSSR count). The Morgan fingerprint density at radius 1 is 0.639 bits per heavy atom. The van der Waals surface area contributed by atoms with Crippen LogP contribution in [0, 0.1) is 0 Å². The van der Waals surface area contributed by atoms with Crippen molar-refractivity contribution in [2.45, 2.75) is 92.1 Å². The molecule has 0 unspecified atom stereocenters. The van der Waals surface area contributed by atoms with Crippen LogP contribution in [0.3, 0.4) is 0 Å². The van der Waals surface area contributed by atoms with Crippen molar-refractivity contribution in [2.75, 3.05) is 20.3 Å². The molecule has 17 nitrogen and oxygen atoms in total. The number of aliphatic hydroxyl groups excluding tert-OH is 9. The molecule has 0 aromatic heterocycles. The van der Waals surface area contributed by atoms with Gasteiger partial charge in [0.25, 0.3) is 0 Å². The van der Waals surface area contributed by atoms with Crippen LogP contribution in [0.25, 0.3) is 0 Å². The first-order chi connectivity index (χ1) is 16.9. The van der Waals surface area contributed by atoms with Gasteiger partial charge in [0.05, 0.1) is 13.2 Å². The summed E-state index contributed by atoms with van der Waals surface area (Å²) in [4.78, 5) is 11.4. The minimum absolute atomic E-state index is 0.602. The molecular weight excluding hydrogens is 500 g/mol. The highest BCUT2D eigenvalue weighted by Crippen LogP contribution is 2.28. The largest absolute Gasteiger partial charge is 0.479 e. The zero-order valence-corrected chi connectivity index (χ0v) is 18.9. The van der Waals surface area contributed by atoms with Gasteiger partial charge in [-0.15, -0.1) is 0 Å². The average molecular weight is 532 g/mol. The summed E-state index contributed by atoms with van der Waals surface area (Å²) in [6.07, 6.45) is -25.2. The highest BCUT2D eigenvalue weighted by atomic mass is 16.7. The molecule has 0 aliphatic carbocycles. The van der Waals surface area contributed by atoms with E-state index in [1.54, 1.807) is 0 Å². The smallest absolute Gasteiger partial charge is 0.335 e. The van der Waals surface area contributed by atoms with Crippen molar-refractivity contribution in [1.82, 2.24) is 0 Å². The second-order valence-electron chi connectivity index (χ2n) is 8.66. The van der Waals surface area contributed by atoms with Crippen LogP contribution in [0.5, 0.6) is 0 Å². The molecular formula is C19H32O17. The second-order valence-corrected chi connectivity index (χ2v) is 8.66. The van der Waals surface area contributed by atoms with E-state index in [1.165, 1.54) is 0 Å². The standard InChI is InChI=1S/C19H32O17/c1-31-14-10(24)13(27)19(36-15(14)16(28)29)33-3-5-7(21)9(23)12(26)18(35-5)32-2-4-6(20)8(22)11(25)17(30)34-4/h4-15,17-27,30H,2-3H2,1H3,(H,28,29)/t4-,5-,6+,7+,8+,9+,10-,11-,12-,13-,14-,15+,17-,18-,19-/m1/s1. The summed E-state index contributed by atoms with van der Waals surface area (Å²) in [6, 6.07) is 0. The van der Waals surface area contributed by atoms with Gasteiger partial charge in [0, 0.05) is 7.11 Å². The Hall–Kier alpha value is -1.13. The van der Waals surface area contributed by atoms with Crippen molar-refractivity contribution < 1.29 is 84.3 Å². The summed E-state index contributed by atoms with van der Waals surface area (Å²) in [5, 5.41) is 99.1. The summed E-state index contributed by atoms with van der Waals surface area (Å²) in [7, 11) is 1.11. The van der Waals surface area contributed by atoms with Gasteiger partial charge in [-0.05, 0) is 0 Å². The first-order valence-corrected chi connectivity index (χ1v) is 11.0. The predicted octanol–water partition coefficient (Wildman–Crippen LogP) is -6.83. The maximum absolute atomic E-state index is 11.4. The number of carboxylic acids is 1. The zero-order chi connectivity index (χ0) is 26.9. The van der Waals surface area contributed by atoms with Crippen molar-refractivity contribution >= 4 is 5.97 Å². The fourth-order valence-corrected chi connectivity index (χ4v) is 4.08. The normalized spacial score (nSPS) is 50.1. The number of aliphatic carboxylic acids is 1. The van der Waals surface area contributed by atoms with Crippen LogP contribution in [0.15, 0.2) is 0 Å². The van der Waals surface area contributed by atoms with E-state index in [1.807, 2.05) is 0 Å². The molecule has 210 valence electrons. The Balaban J connectivity index is 1.61. The van der Waals surface area contributed by atoms with Gasteiger partial charge >= 0.3 is 5.97 Å². The van der Waals surface area contributed by atoms with E-state index in [9.17, 15) is 55.9 Å². The van der Waals surface area contributed by atoms with Crippen LogP contribution >= 0.6 is 0 Å². The number of hydrogen-bond donors (Lipinski definition) is 10. The van der Waals surface area contributed by atoms with E-state index >= 15 is 0 Å². The van der Waals surface area contributed by atoms with Crippen LogP contribution in [-0.4, -0.2) is 169 Å². The third-order valence-electron chi connectivity index (χ3n) is 6.27. The minimum Gasteiger partial charge on any atom is -0.479 e. The molecule has 0 amide bonds. The molecule has 0 saturated carbocycles. The van der Waals surface area contributed by atoms with Gasteiger partial charge in [0.2, 0.25) is 0 Å². The lowest BCUT2D eigenvalue weighted by Gasteiger charge is -2.43. The SMILES string of the molecule is CO[C@@H]1[C@H](O)[C@@H](O)[C@H](OC[C@H]2O[C@@H](OC[C@H]3O[C@@H](O)[C@H](O)[C@@H](O)[C@H]3O)[C@H](O)[C@@H](O)[C@H]2O)O[C@@H]1C(=O)O. The summed E-state index contributed by atoms with van der Waals surface area (Å²) in [6.45, 7) is -1.25. The average Bonchev–Trinajstić information content (AvgIpc) is 2.84. The maximum Gasteiger partial charge on any atom is 0.335 e. The Bertz CT molecular complexity index is 726. The van der Waals surface area contributed by atoms with Crippen LogP contribution in [0.4, 0.5) is 0 Å². The zero-order valence-electron chi connectivity index (χ0n) is 18.9. The molecule has 3 heterocycles. The number of carboxylic acid groups (broad SMARTS) is 1. The Morgan fingerprint density at radius 2 is 1.11 bits per heavy atom. The van der Waals surface area contributed by atoms with E-state index in [0.717, 1.165) is 7.11 Å². The summed E-state index contributed by atoms with van der Waals surface area (Å²) < 4.78 is 30.9. The van der Waals surface area contributed by atoms with E-state index < -0.39 is 111 Å². The predicted molar refractivity (Wildman–Crippen MR) is 107 cm³/mol. The van der Waals surface area contributed by atoms with Gasteiger partial charge in [-0.2, -0.15) is 0 Å². The molecule has 3 saturated heterocycles. The van der Waals surface area contributed by atoms with Crippen LogP contribution < -0.4 is 0 Å². The monoisotopic (exact) mass is 532 g/mol. The molecule has 15 atom stereocenters. The Morgan fingerprint density at radius 3 is 1.64 bits per heavy atom. The quantitative estimate of drug-likeness (QED) is 0.139. The first-order valence-electron chi connectivity index (χ1n) is 11.0. The highest BCUT2D eigenvalue weighted by molar-refractivity contribution is 5.73. The maximum atomic E-state index is 11.4. The third kappa shape index (κ3) is 5.96. The van der Waals surface area contributed by atoms with Gasteiger partial charge in [0.15, 0.2) is 25.0 Å². The molecule has 17 heteroatoms. The minimum atomic E-state index is -1.84. The van der Waals surface area contributed by atoms with E-state index in [0.29, 0.717) is 0 Å². The van der Waals surface area contributed by atoms with Gasteiger partial charge in [-0.25, -0.2) is 4.79 Å². The highest BCUT2D eigenvalue weighted by Gasteiger charge is 2.50. The molecule has 0 aromatic carbocycles. The molecule has 0 spiro atoms. The number of rotatable bonds is 8. The fraction of sp³-hybridized carbons (Fsp3) is 0.947. The molecule has 3 aliphatic heterocycles. The number of ether oxygens (including phenoxy) is 6. The van der Waals surface area contributed by atoms with E-state index in [4.69, 9.17) is 28.4 Å². The Kier molecular flexibility index (Phi) is 9.94. The lowest BCUT2D eigenvalue weighted by Crippen LogP contribution is -2.63. The first kappa shape index (κ1) is 29.4. The van der Waals surface area contributed by atoms with Crippen molar-refractivity contribution in [2.24, 2.45) is 0 Å². The van der Waals surface area contributed by atoms with Crippen molar-refractivity contribution in [1.29, 1.82) is 0 Å². The molecule has 10 N–H and O–H groups in total. The van der Waals surface area contributed by atoms with Crippen LogP contribution in [0.1, 0.15) is 0 Å². The third-order valence-corrected chi connectivity index (χ3v) is 6.27. The second kappa shape index (κ2) is 12.2. The molecule has 36 heavy (non-hydrogen) atoms. The number of methoxy groups -OCH3 is 1. The lowest BCUT2D eigenvalue weighted by atomic mass is 9.98. The van der Waals surface area contributed by atoms with Gasteiger partial charge < -0.3 is 79.5 Å². The molecule has 3 aliphatic rings. The number of hydrogen-bond acceptors (Lipinski definition) is 16. The van der Waals surface area contributed by atoms with E-state index in [2.05, 4.69) is 0 Å². The topological polar surface area (TPSA) is 275 Å². The molecule has 0 bridgehead atoms. The molecule has 0 aromatic rings. The fourth-order valence-electron chi connectivity index (χ4n) is 4.08. The Labute approximate surface area is 203 Å². The van der Waals surface area contributed by atoms with Crippen molar-refractivity contribution in [3.8, 4) is 0 Å². The van der Waals surface area contributed by atoms with Gasteiger partial charge in [0.1, 0.15) is 67.1 Å². The summed E-state index contributed by atoms with van der Waals surface area (Å²) in [5.41, 5.74) is 0. The number of aliphatic hydroxyl groups is 9. The lowest BCUT2D eigenvalue weighted by molar-refractivity contribution is -0.338. The summed E-state index contributed by atoms with van der Waals surface area (Å²) >= 11 is 0. The molecule has 0 radical (unpaired) electrons. The van der Waals surface area contributed by atoms with E-state index in [-0.39, 0.29) is 0 Å². The van der Waals surface area contributed by atoms with Crippen molar-refractivity contribution in [3.05, 3.63) is 0 Å². The van der Waals surface area contributed by atoms with Crippen LogP contribution in [-0.2, 0) is 33.2 Å². The van der Waals surface area contributed by atoms with Gasteiger partial charge in [-0.1, -0.05) is 0 Å². The van der Waals surface area contributed by atoms with Crippen LogP contribution in [0.2, 0.25) is 0 Å².